The smallest absolute Gasteiger partial charge is 0.338 e. The molecule has 1 aromatic carbocycles. The fourth-order valence-electron chi connectivity index (χ4n) is 2.84. The quantitative estimate of drug-likeness (QED) is 0.789. The van der Waals surface area contributed by atoms with Gasteiger partial charge in [0.2, 0.25) is 15.9 Å². The molecule has 3 rings (SSSR count). The van der Waals surface area contributed by atoms with Crippen LogP contribution in [0.3, 0.4) is 0 Å². The highest BCUT2D eigenvalue weighted by atomic mass is 32.2. The van der Waals surface area contributed by atoms with Crippen molar-refractivity contribution < 1.29 is 23.1 Å². The van der Waals surface area contributed by atoms with E-state index in [2.05, 4.69) is 5.10 Å². The predicted molar refractivity (Wildman–Crippen MR) is 95.7 cm³/mol. The molecule has 2 heterocycles. The molecule has 0 saturated carbocycles. The Morgan fingerprint density at radius 3 is 2.30 bits per heavy atom. The fraction of sp³-hybridized carbons (Fsp3) is 0.353. The highest BCUT2D eigenvalue weighted by Gasteiger charge is 2.30. The number of benzene rings is 1. The molecule has 0 unspecified atom stereocenters. The molecule has 2 aromatic rings. The molecule has 1 fully saturated rings. The Kier molecular flexibility index (Phi) is 5.29. The number of carbonyl (C=O) groups is 2. The number of hydrogen-bond acceptors (Lipinski definition) is 5. The number of amides is 1. The molecule has 1 aromatic heterocycles. The van der Waals surface area contributed by atoms with E-state index >= 15 is 0 Å². The summed E-state index contributed by atoms with van der Waals surface area (Å²) in [4.78, 5) is 25.0. The second-order valence-electron chi connectivity index (χ2n) is 6.33. The van der Waals surface area contributed by atoms with Gasteiger partial charge in [-0.05, 0) is 19.1 Å². The summed E-state index contributed by atoms with van der Waals surface area (Å²) >= 11 is 0. The Hall–Kier alpha value is -2.72. The van der Waals surface area contributed by atoms with Crippen molar-refractivity contribution in [2.75, 3.05) is 26.2 Å². The third-order valence-electron chi connectivity index (χ3n) is 4.43. The van der Waals surface area contributed by atoms with Gasteiger partial charge >= 0.3 is 5.97 Å². The van der Waals surface area contributed by atoms with Crippen LogP contribution in [0.25, 0.3) is 0 Å². The summed E-state index contributed by atoms with van der Waals surface area (Å²) < 4.78 is 28.0. The highest BCUT2D eigenvalue weighted by molar-refractivity contribution is 7.89. The molecular formula is C17H20N4O5S. The van der Waals surface area contributed by atoms with Crippen molar-refractivity contribution in [3.8, 4) is 0 Å². The monoisotopic (exact) mass is 392 g/mol. The number of sulfonamides is 1. The van der Waals surface area contributed by atoms with E-state index in [-0.39, 0.29) is 49.1 Å². The van der Waals surface area contributed by atoms with Gasteiger partial charge in [-0.3, -0.25) is 9.48 Å². The van der Waals surface area contributed by atoms with Crippen LogP contribution in [0.15, 0.2) is 41.6 Å². The van der Waals surface area contributed by atoms with Gasteiger partial charge in [-0.1, -0.05) is 17.7 Å². The van der Waals surface area contributed by atoms with Crippen molar-refractivity contribution >= 4 is 21.9 Å². The number of aromatic nitrogens is 2. The van der Waals surface area contributed by atoms with Crippen LogP contribution in [-0.4, -0.2) is 70.6 Å². The maximum Gasteiger partial charge on any atom is 0.338 e. The summed E-state index contributed by atoms with van der Waals surface area (Å²) in [5.74, 6) is -1.34. The summed E-state index contributed by atoms with van der Waals surface area (Å²) in [5.41, 5.74) is 0.992. The molecule has 0 atom stereocenters. The predicted octanol–water partition coefficient (Wildman–Crippen LogP) is 0.423. The van der Waals surface area contributed by atoms with Crippen molar-refractivity contribution in [3.63, 3.8) is 0 Å². The summed E-state index contributed by atoms with van der Waals surface area (Å²) in [7, 11) is -3.58. The van der Waals surface area contributed by atoms with E-state index in [1.807, 2.05) is 6.92 Å². The molecule has 0 aliphatic carbocycles. The van der Waals surface area contributed by atoms with Gasteiger partial charge in [0.15, 0.2) is 0 Å². The molecular weight excluding hydrogens is 372 g/mol. The maximum absolute atomic E-state index is 12.7. The second-order valence-corrected chi connectivity index (χ2v) is 8.27. The van der Waals surface area contributed by atoms with Crippen molar-refractivity contribution in [2.24, 2.45) is 0 Å². The van der Waals surface area contributed by atoms with E-state index < -0.39 is 16.0 Å². The zero-order chi connectivity index (χ0) is 19.6. The van der Waals surface area contributed by atoms with Crippen LogP contribution in [0.4, 0.5) is 0 Å². The second kappa shape index (κ2) is 7.49. The van der Waals surface area contributed by atoms with Gasteiger partial charge in [-0.25, -0.2) is 13.2 Å². The number of aryl methyl sites for hydroxylation is 1. The number of rotatable bonds is 5. The molecule has 10 heteroatoms. The molecule has 1 amide bonds. The normalized spacial score (nSPS) is 15.7. The number of aromatic carboxylic acids is 1. The lowest BCUT2D eigenvalue weighted by Crippen LogP contribution is -2.51. The van der Waals surface area contributed by atoms with Crippen LogP contribution < -0.4 is 0 Å². The van der Waals surface area contributed by atoms with Crippen molar-refractivity contribution in [2.45, 2.75) is 18.4 Å². The molecule has 9 nitrogen and oxygen atoms in total. The van der Waals surface area contributed by atoms with Crippen LogP contribution in [0.5, 0.6) is 0 Å². The average molecular weight is 392 g/mol. The van der Waals surface area contributed by atoms with E-state index in [9.17, 15) is 18.0 Å². The SMILES string of the molecule is Cc1ccc(S(=O)(=O)N2CCN(C(=O)Cn3cc(C(=O)O)cn3)CC2)cc1. The Morgan fingerprint density at radius 2 is 1.74 bits per heavy atom. The molecule has 0 bridgehead atoms. The van der Waals surface area contributed by atoms with Gasteiger partial charge in [0, 0.05) is 32.4 Å². The van der Waals surface area contributed by atoms with Gasteiger partial charge in [0.05, 0.1) is 16.7 Å². The minimum atomic E-state index is -3.58. The van der Waals surface area contributed by atoms with Crippen LogP contribution in [-0.2, 0) is 21.4 Å². The Morgan fingerprint density at radius 1 is 1.11 bits per heavy atom. The van der Waals surface area contributed by atoms with Gasteiger partial charge in [-0.15, -0.1) is 0 Å². The maximum atomic E-state index is 12.7. The third-order valence-corrected chi connectivity index (χ3v) is 6.34. The first-order valence-corrected chi connectivity index (χ1v) is 9.82. The van der Waals surface area contributed by atoms with Crippen LogP contribution in [0.2, 0.25) is 0 Å². The topological polar surface area (TPSA) is 113 Å². The summed E-state index contributed by atoms with van der Waals surface area (Å²) in [6, 6.07) is 6.67. The lowest BCUT2D eigenvalue weighted by atomic mass is 10.2. The van der Waals surface area contributed by atoms with E-state index in [0.29, 0.717) is 0 Å². The van der Waals surface area contributed by atoms with Gasteiger partial charge in [0.25, 0.3) is 0 Å². The Bertz CT molecular complexity index is 944. The van der Waals surface area contributed by atoms with Crippen molar-refractivity contribution in [1.82, 2.24) is 19.0 Å². The highest BCUT2D eigenvalue weighted by Crippen LogP contribution is 2.18. The van der Waals surface area contributed by atoms with Gasteiger partial charge in [-0.2, -0.15) is 9.40 Å². The summed E-state index contributed by atoms with van der Waals surface area (Å²) in [5, 5.41) is 12.7. The molecule has 1 aliphatic heterocycles. The molecule has 0 radical (unpaired) electrons. The first-order chi connectivity index (χ1) is 12.8. The largest absolute Gasteiger partial charge is 0.478 e. The number of nitrogens with zero attached hydrogens (tertiary/aromatic N) is 4. The lowest BCUT2D eigenvalue weighted by Gasteiger charge is -2.34. The van der Waals surface area contributed by atoms with E-state index in [0.717, 1.165) is 5.56 Å². The third kappa shape index (κ3) is 4.17. The summed E-state index contributed by atoms with van der Waals surface area (Å²) in [6.07, 6.45) is 2.47. The van der Waals surface area contributed by atoms with Gasteiger partial charge < -0.3 is 10.0 Å². The Balaban J connectivity index is 1.60. The number of piperazine rings is 1. The molecule has 27 heavy (non-hydrogen) atoms. The molecule has 1 aliphatic rings. The number of carboxylic acids is 1. The molecule has 0 spiro atoms. The lowest BCUT2D eigenvalue weighted by molar-refractivity contribution is -0.133. The Labute approximate surface area is 156 Å². The standard InChI is InChI=1S/C17H20N4O5S/c1-13-2-4-15(5-3-13)27(25,26)21-8-6-19(7-9-21)16(22)12-20-11-14(10-18-20)17(23)24/h2-5,10-11H,6-9,12H2,1H3,(H,23,24). The molecule has 1 N–H and O–H groups in total. The minimum Gasteiger partial charge on any atom is -0.478 e. The zero-order valence-electron chi connectivity index (χ0n) is 14.8. The number of hydrogen-bond donors (Lipinski definition) is 1. The first kappa shape index (κ1) is 19.1. The average Bonchev–Trinajstić information content (AvgIpc) is 3.11. The summed E-state index contributed by atoms with van der Waals surface area (Å²) in [6.45, 7) is 2.77. The molecule has 144 valence electrons. The fourth-order valence-corrected chi connectivity index (χ4v) is 4.26. The molecule has 1 saturated heterocycles. The van der Waals surface area contributed by atoms with Crippen LogP contribution in [0, 0.1) is 6.92 Å². The first-order valence-electron chi connectivity index (χ1n) is 8.38. The zero-order valence-corrected chi connectivity index (χ0v) is 15.6. The van der Waals surface area contributed by atoms with Crippen LogP contribution >= 0.6 is 0 Å². The van der Waals surface area contributed by atoms with E-state index in [1.165, 1.54) is 21.4 Å². The minimum absolute atomic E-state index is 0.0109. The number of carbonyl (C=O) groups excluding carboxylic acids is 1. The van der Waals surface area contributed by atoms with Crippen molar-refractivity contribution in [1.29, 1.82) is 0 Å². The van der Waals surface area contributed by atoms with E-state index in [4.69, 9.17) is 5.11 Å². The van der Waals surface area contributed by atoms with Crippen molar-refractivity contribution in [3.05, 3.63) is 47.8 Å². The van der Waals surface area contributed by atoms with E-state index in [1.54, 1.807) is 29.2 Å². The van der Waals surface area contributed by atoms with Gasteiger partial charge in [0.1, 0.15) is 6.54 Å². The number of carboxylic acid groups (broad SMARTS) is 1. The van der Waals surface area contributed by atoms with Crippen LogP contribution in [0.1, 0.15) is 15.9 Å².